The Morgan fingerprint density at radius 2 is 1.74 bits per heavy atom. The lowest BCUT2D eigenvalue weighted by molar-refractivity contribution is -0.351. The van der Waals surface area contributed by atoms with Crippen molar-refractivity contribution in [2.24, 2.45) is 0 Å². The van der Waals surface area contributed by atoms with E-state index in [9.17, 15) is 20.4 Å². The van der Waals surface area contributed by atoms with Gasteiger partial charge in [-0.05, 0) is 48.7 Å². The number of halogens is 1. The number of hydrogen-bond acceptors (Lipinski definition) is 6. The number of benzene rings is 2. The maximum Gasteiger partial charge on any atom is 0.222 e. The molecule has 27 heavy (non-hydrogen) atoms. The summed E-state index contributed by atoms with van der Waals surface area (Å²) >= 11 is 6.31. The fourth-order valence-corrected chi connectivity index (χ4v) is 3.44. The summed E-state index contributed by atoms with van der Waals surface area (Å²) in [5.74, 6) is -1.41. The molecule has 0 amide bonds. The van der Waals surface area contributed by atoms with Crippen molar-refractivity contribution in [3.63, 3.8) is 0 Å². The summed E-state index contributed by atoms with van der Waals surface area (Å²) in [6.45, 7) is 1.51. The highest BCUT2D eigenvalue weighted by Crippen LogP contribution is 2.37. The average Bonchev–Trinajstić information content (AvgIpc) is 2.67. The number of hydrogen-bond donors (Lipinski definition) is 4. The van der Waals surface area contributed by atoms with Crippen LogP contribution in [0.15, 0.2) is 42.5 Å². The molecule has 7 heteroatoms. The molecule has 5 atom stereocenters. The van der Waals surface area contributed by atoms with E-state index in [1.54, 1.807) is 19.2 Å². The van der Waals surface area contributed by atoms with Crippen molar-refractivity contribution >= 4 is 11.6 Å². The molecule has 2 aromatic rings. The molecule has 146 valence electrons. The van der Waals surface area contributed by atoms with Crippen LogP contribution in [0.25, 0.3) is 0 Å². The zero-order valence-corrected chi connectivity index (χ0v) is 15.8. The molecule has 6 nitrogen and oxygen atoms in total. The highest BCUT2D eigenvalue weighted by molar-refractivity contribution is 6.31. The number of rotatable bonds is 4. The van der Waals surface area contributed by atoms with Crippen molar-refractivity contribution in [2.75, 3.05) is 7.11 Å². The van der Waals surface area contributed by atoms with Crippen molar-refractivity contribution in [2.45, 2.75) is 43.5 Å². The van der Waals surface area contributed by atoms with E-state index in [4.69, 9.17) is 21.1 Å². The van der Waals surface area contributed by atoms with E-state index in [0.29, 0.717) is 11.4 Å². The van der Waals surface area contributed by atoms with Crippen molar-refractivity contribution < 1.29 is 29.9 Å². The van der Waals surface area contributed by atoms with Crippen LogP contribution in [0, 0.1) is 0 Å². The molecule has 0 aliphatic carbocycles. The third-order valence-corrected chi connectivity index (χ3v) is 5.30. The molecule has 0 unspecified atom stereocenters. The molecule has 1 aliphatic heterocycles. The summed E-state index contributed by atoms with van der Waals surface area (Å²) in [4.78, 5) is 0. The Kier molecular flexibility index (Phi) is 5.76. The molecule has 2 aromatic carbocycles. The van der Waals surface area contributed by atoms with Gasteiger partial charge in [-0.1, -0.05) is 29.8 Å². The van der Waals surface area contributed by atoms with Crippen LogP contribution >= 0.6 is 11.6 Å². The predicted octanol–water partition coefficient (Wildman–Crippen LogP) is 1.59. The minimum atomic E-state index is -2.16. The highest BCUT2D eigenvalue weighted by atomic mass is 35.5. The van der Waals surface area contributed by atoms with Gasteiger partial charge in [-0.15, -0.1) is 0 Å². The Labute approximate surface area is 162 Å². The van der Waals surface area contributed by atoms with Crippen LogP contribution in [0.5, 0.6) is 5.75 Å². The first kappa shape index (κ1) is 20.1. The third-order valence-electron chi connectivity index (χ3n) is 4.93. The van der Waals surface area contributed by atoms with Crippen molar-refractivity contribution in [1.82, 2.24) is 0 Å². The van der Waals surface area contributed by atoms with Gasteiger partial charge in [-0.25, -0.2) is 0 Å². The predicted molar refractivity (Wildman–Crippen MR) is 99.7 cm³/mol. The van der Waals surface area contributed by atoms with Crippen molar-refractivity contribution in [3.8, 4) is 5.75 Å². The second-order valence-electron chi connectivity index (χ2n) is 6.78. The number of ether oxygens (including phenoxy) is 2. The Morgan fingerprint density at radius 1 is 1.07 bits per heavy atom. The molecule has 1 aliphatic rings. The fraction of sp³-hybridized carbons (Fsp3) is 0.400. The highest BCUT2D eigenvalue weighted by Gasteiger charge is 2.52. The molecule has 0 radical (unpaired) electrons. The van der Waals surface area contributed by atoms with Gasteiger partial charge < -0.3 is 29.9 Å². The van der Waals surface area contributed by atoms with Crippen LogP contribution in [0.3, 0.4) is 0 Å². The lowest BCUT2D eigenvalue weighted by Crippen LogP contribution is -2.62. The largest absolute Gasteiger partial charge is 0.497 e. The van der Waals surface area contributed by atoms with E-state index in [1.807, 2.05) is 24.3 Å². The summed E-state index contributed by atoms with van der Waals surface area (Å²) < 4.78 is 10.6. The first-order valence-electron chi connectivity index (χ1n) is 8.62. The molecule has 0 spiro atoms. The van der Waals surface area contributed by atoms with E-state index in [-0.39, 0.29) is 5.56 Å². The molecule has 0 aromatic heterocycles. The van der Waals surface area contributed by atoms with Gasteiger partial charge in [0.2, 0.25) is 5.79 Å². The standard InChI is InChI=1S/C20H23ClO6/c1-11-17(22)18(23)19(24)20(25,27-11)14-5-8-16(21)13(10-14)9-12-3-6-15(26-2)7-4-12/h3-8,10-11,17-19,22-25H,9H2,1-2H3/t11-,17-,18+,19-,20+/m1/s1. The van der Waals surface area contributed by atoms with Gasteiger partial charge in [-0.2, -0.15) is 0 Å². The minimum absolute atomic E-state index is 0.251. The van der Waals surface area contributed by atoms with Crippen molar-refractivity contribution in [1.29, 1.82) is 0 Å². The second kappa shape index (κ2) is 7.75. The Morgan fingerprint density at radius 3 is 2.37 bits per heavy atom. The summed E-state index contributed by atoms with van der Waals surface area (Å²) in [6, 6.07) is 12.3. The topological polar surface area (TPSA) is 99.4 Å². The summed E-state index contributed by atoms with van der Waals surface area (Å²) in [6.07, 6.45) is -4.93. The van der Waals surface area contributed by atoms with Crippen LogP contribution in [-0.2, 0) is 16.9 Å². The van der Waals surface area contributed by atoms with E-state index in [2.05, 4.69) is 0 Å². The number of methoxy groups -OCH3 is 1. The van der Waals surface area contributed by atoms with Gasteiger partial charge in [0.05, 0.1) is 13.2 Å². The van der Waals surface area contributed by atoms with E-state index >= 15 is 0 Å². The van der Waals surface area contributed by atoms with E-state index in [0.717, 1.165) is 16.9 Å². The quantitative estimate of drug-likeness (QED) is 0.628. The van der Waals surface area contributed by atoms with E-state index < -0.39 is 30.2 Å². The van der Waals surface area contributed by atoms with Gasteiger partial charge in [0.15, 0.2) is 0 Å². The van der Waals surface area contributed by atoms with Gasteiger partial charge >= 0.3 is 0 Å². The lowest BCUT2D eigenvalue weighted by atomic mass is 9.87. The molecule has 0 saturated carbocycles. The summed E-state index contributed by atoms with van der Waals surface area (Å²) in [5, 5.41) is 41.6. The van der Waals surface area contributed by atoms with Crippen LogP contribution < -0.4 is 4.74 Å². The zero-order chi connectivity index (χ0) is 19.8. The van der Waals surface area contributed by atoms with Crippen LogP contribution in [-0.4, -0.2) is 52.0 Å². The average molecular weight is 395 g/mol. The minimum Gasteiger partial charge on any atom is -0.497 e. The molecular weight excluding hydrogens is 372 g/mol. The van der Waals surface area contributed by atoms with Crippen molar-refractivity contribution in [3.05, 3.63) is 64.2 Å². The van der Waals surface area contributed by atoms with Crippen LogP contribution in [0.1, 0.15) is 23.6 Å². The molecule has 1 saturated heterocycles. The molecular formula is C20H23ClO6. The Balaban J connectivity index is 1.92. The smallest absolute Gasteiger partial charge is 0.222 e. The van der Waals surface area contributed by atoms with Crippen LogP contribution in [0.2, 0.25) is 5.02 Å². The molecule has 1 heterocycles. The maximum absolute atomic E-state index is 10.9. The molecule has 4 N–H and O–H groups in total. The second-order valence-corrected chi connectivity index (χ2v) is 7.18. The maximum atomic E-state index is 10.9. The first-order valence-corrected chi connectivity index (χ1v) is 9.00. The van der Waals surface area contributed by atoms with Crippen LogP contribution in [0.4, 0.5) is 0 Å². The first-order chi connectivity index (χ1) is 12.8. The number of aliphatic hydroxyl groups is 4. The molecule has 0 bridgehead atoms. The Hall–Kier alpha value is -1.67. The Bertz CT molecular complexity index is 796. The SMILES string of the molecule is COc1ccc(Cc2cc([C@]3(O)O[C@H](C)[C@@H](O)[C@H](O)[C@H]3O)ccc2Cl)cc1. The lowest BCUT2D eigenvalue weighted by Gasteiger charge is -2.45. The summed E-state index contributed by atoms with van der Waals surface area (Å²) in [5.41, 5.74) is 1.95. The van der Waals surface area contributed by atoms with E-state index in [1.165, 1.54) is 13.0 Å². The monoisotopic (exact) mass is 394 g/mol. The van der Waals surface area contributed by atoms with Gasteiger partial charge in [-0.3, -0.25) is 0 Å². The summed E-state index contributed by atoms with van der Waals surface area (Å²) in [7, 11) is 1.60. The van der Waals surface area contributed by atoms with Gasteiger partial charge in [0.1, 0.15) is 24.1 Å². The number of aliphatic hydroxyl groups excluding tert-OH is 3. The van der Waals surface area contributed by atoms with Gasteiger partial charge in [0, 0.05) is 10.6 Å². The zero-order valence-electron chi connectivity index (χ0n) is 15.0. The molecule has 1 fully saturated rings. The molecule has 3 rings (SSSR count). The third kappa shape index (κ3) is 3.82. The fourth-order valence-electron chi connectivity index (χ4n) is 3.25. The normalized spacial score (nSPS) is 30.9. The van der Waals surface area contributed by atoms with Gasteiger partial charge in [0.25, 0.3) is 0 Å².